The van der Waals surface area contributed by atoms with E-state index < -0.39 is 0 Å². The van der Waals surface area contributed by atoms with Crippen molar-refractivity contribution in [2.75, 3.05) is 25.5 Å². The Morgan fingerprint density at radius 1 is 0.857 bits per heavy atom. The molecule has 1 heterocycles. The third kappa shape index (κ3) is 6.92. The molecular formula is C11H23Cl2N. The number of hydrogen-bond donors (Lipinski definition) is 0. The minimum absolute atomic E-state index is 0. The summed E-state index contributed by atoms with van der Waals surface area (Å²) in [6, 6.07) is 0. The second-order valence-electron chi connectivity index (χ2n) is 4.01. The van der Waals surface area contributed by atoms with Gasteiger partial charge in [0.25, 0.3) is 0 Å². The molecule has 3 heteroatoms. The highest BCUT2D eigenvalue weighted by molar-refractivity contribution is 6.17. The Morgan fingerprint density at radius 2 is 1.50 bits per heavy atom. The van der Waals surface area contributed by atoms with E-state index in [1.807, 2.05) is 0 Å². The molecule has 0 aromatic carbocycles. The molecule has 0 aromatic rings. The third-order valence-corrected chi connectivity index (χ3v) is 3.07. The second kappa shape index (κ2) is 10.1. The number of piperidine rings is 1. The van der Waals surface area contributed by atoms with Gasteiger partial charge in [-0.3, -0.25) is 0 Å². The molecular weight excluding hydrogens is 217 g/mol. The summed E-state index contributed by atoms with van der Waals surface area (Å²) in [5.41, 5.74) is 0. The van der Waals surface area contributed by atoms with Gasteiger partial charge in [-0.05, 0) is 45.3 Å². The zero-order valence-corrected chi connectivity index (χ0v) is 10.6. The third-order valence-electron chi connectivity index (χ3n) is 2.81. The van der Waals surface area contributed by atoms with Crippen molar-refractivity contribution in [3.63, 3.8) is 0 Å². The number of hydrogen-bond acceptors (Lipinski definition) is 1. The molecule has 1 rings (SSSR count). The summed E-state index contributed by atoms with van der Waals surface area (Å²) in [6.45, 7) is 4.01. The fourth-order valence-corrected chi connectivity index (χ4v) is 2.16. The Balaban J connectivity index is 0.00000169. The number of rotatable bonds is 6. The van der Waals surface area contributed by atoms with Crippen molar-refractivity contribution in [2.24, 2.45) is 0 Å². The Bertz CT molecular complexity index is 114. The molecule has 0 spiro atoms. The second-order valence-corrected chi connectivity index (χ2v) is 4.38. The lowest BCUT2D eigenvalue weighted by atomic mass is 10.1. The van der Waals surface area contributed by atoms with Gasteiger partial charge in [0.1, 0.15) is 0 Å². The molecule has 14 heavy (non-hydrogen) atoms. The molecule has 0 radical (unpaired) electrons. The van der Waals surface area contributed by atoms with Crippen LogP contribution < -0.4 is 0 Å². The van der Waals surface area contributed by atoms with Crippen LogP contribution >= 0.6 is 24.0 Å². The highest BCUT2D eigenvalue weighted by atomic mass is 35.5. The van der Waals surface area contributed by atoms with Crippen LogP contribution in [0.5, 0.6) is 0 Å². The smallest absolute Gasteiger partial charge is 0.0223 e. The van der Waals surface area contributed by atoms with Gasteiger partial charge in [0.15, 0.2) is 0 Å². The first-order valence-corrected chi connectivity index (χ1v) is 6.25. The number of nitrogens with zero attached hydrogens (tertiary/aromatic N) is 1. The van der Waals surface area contributed by atoms with Crippen LogP contribution in [0.1, 0.15) is 44.9 Å². The zero-order valence-electron chi connectivity index (χ0n) is 9.01. The molecule has 0 aromatic heterocycles. The minimum Gasteiger partial charge on any atom is -0.303 e. The van der Waals surface area contributed by atoms with Crippen molar-refractivity contribution in [2.45, 2.75) is 44.9 Å². The van der Waals surface area contributed by atoms with Crippen LogP contribution in [0.2, 0.25) is 0 Å². The van der Waals surface area contributed by atoms with E-state index in [2.05, 4.69) is 4.90 Å². The van der Waals surface area contributed by atoms with E-state index in [4.69, 9.17) is 11.6 Å². The van der Waals surface area contributed by atoms with E-state index in [0.717, 1.165) is 5.88 Å². The van der Waals surface area contributed by atoms with Crippen LogP contribution in [0.25, 0.3) is 0 Å². The fourth-order valence-electron chi connectivity index (χ4n) is 1.97. The van der Waals surface area contributed by atoms with E-state index in [9.17, 15) is 0 Å². The SMILES string of the molecule is Cl.ClCCCCCCN1CCCCC1. The van der Waals surface area contributed by atoms with Crippen molar-refractivity contribution >= 4 is 24.0 Å². The quantitative estimate of drug-likeness (QED) is 0.505. The maximum absolute atomic E-state index is 5.62. The zero-order chi connectivity index (χ0) is 9.36. The summed E-state index contributed by atoms with van der Waals surface area (Å²) < 4.78 is 0. The molecule has 1 aliphatic rings. The molecule has 0 N–H and O–H groups in total. The van der Waals surface area contributed by atoms with Crippen molar-refractivity contribution in [1.82, 2.24) is 4.90 Å². The molecule has 1 nitrogen and oxygen atoms in total. The highest BCUT2D eigenvalue weighted by Gasteiger charge is 2.08. The number of unbranched alkanes of at least 4 members (excludes halogenated alkanes) is 3. The molecule has 0 amide bonds. The first-order valence-electron chi connectivity index (χ1n) is 5.72. The number of halogens is 2. The van der Waals surface area contributed by atoms with E-state index in [-0.39, 0.29) is 12.4 Å². The van der Waals surface area contributed by atoms with E-state index in [1.54, 1.807) is 0 Å². The Labute approximate surface area is 99.6 Å². The maximum atomic E-state index is 5.62. The lowest BCUT2D eigenvalue weighted by Gasteiger charge is -2.26. The van der Waals surface area contributed by atoms with Gasteiger partial charge in [-0.15, -0.1) is 24.0 Å². The summed E-state index contributed by atoms with van der Waals surface area (Å²) in [6.07, 6.45) is 9.53. The molecule has 0 aliphatic carbocycles. The molecule has 1 aliphatic heterocycles. The summed E-state index contributed by atoms with van der Waals surface area (Å²) in [7, 11) is 0. The number of alkyl halides is 1. The first-order chi connectivity index (χ1) is 6.43. The van der Waals surface area contributed by atoms with Crippen LogP contribution in [0.15, 0.2) is 0 Å². The van der Waals surface area contributed by atoms with Crippen molar-refractivity contribution < 1.29 is 0 Å². The standard InChI is InChI=1S/C11H22ClN.ClH/c12-8-4-1-2-5-9-13-10-6-3-7-11-13;/h1-11H2;1H. The monoisotopic (exact) mass is 239 g/mol. The van der Waals surface area contributed by atoms with Crippen LogP contribution in [0.3, 0.4) is 0 Å². The van der Waals surface area contributed by atoms with Gasteiger partial charge in [-0.1, -0.05) is 19.3 Å². The lowest BCUT2D eigenvalue weighted by molar-refractivity contribution is 0.224. The average molecular weight is 240 g/mol. The minimum atomic E-state index is 0. The molecule has 0 saturated carbocycles. The topological polar surface area (TPSA) is 3.24 Å². The van der Waals surface area contributed by atoms with E-state index >= 15 is 0 Å². The Hall–Kier alpha value is 0.540. The van der Waals surface area contributed by atoms with Crippen LogP contribution in [0, 0.1) is 0 Å². The highest BCUT2D eigenvalue weighted by Crippen LogP contribution is 2.10. The average Bonchev–Trinajstić information content (AvgIpc) is 2.19. The summed E-state index contributed by atoms with van der Waals surface area (Å²) in [5, 5.41) is 0. The molecule has 0 bridgehead atoms. The molecule has 1 saturated heterocycles. The van der Waals surface area contributed by atoms with Gasteiger partial charge in [0.05, 0.1) is 0 Å². The molecule has 0 atom stereocenters. The normalized spacial score (nSPS) is 17.8. The summed E-state index contributed by atoms with van der Waals surface area (Å²) >= 11 is 5.62. The van der Waals surface area contributed by atoms with E-state index in [0.29, 0.717) is 0 Å². The largest absolute Gasteiger partial charge is 0.303 e. The fraction of sp³-hybridized carbons (Fsp3) is 1.00. The van der Waals surface area contributed by atoms with Crippen LogP contribution in [-0.4, -0.2) is 30.4 Å². The van der Waals surface area contributed by atoms with Crippen LogP contribution in [-0.2, 0) is 0 Å². The number of likely N-dealkylation sites (tertiary alicyclic amines) is 1. The van der Waals surface area contributed by atoms with Gasteiger partial charge >= 0.3 is 0 Å². The van der Waals surface area contributed by atoms with Crippen molar-refractivity contribution in [1.29, 1.82) is 0 Å². The van der Waals surface area contributed by atoms with Crippen LogP contribution in [0.4, 0.5) is 0 Å². The molecule has 86 valence electrons. The maximum Gasteiger partial charge on any atom is 0.0223 e. The lowest BCUT2D eigenvalue weighted by Crippen LogP contribution is -2.30. The van der Waals surface area contributed by atoms with Crippen molar-refractivity contribution in [3.8, 4) is 0 Å². The van der Waals surface area contributed by atoms with Crippen molar-refractivity contribution in [3.05, 3.63) is 0 Å². The van der Waals surface area contributed by atoms with Gasteiger partial charge in [-0.25, -0.2) is 0 Å². The summed E-state index contributed by atoms with van der Waals surface area (Å²) in [5.74, 6) is 0.837. The van der Waals surface area contributed by atoms with Gasteiger partial charge in [0.2, 0.25) is 0 Å². The first kappa shape index (κ1) is 14.5. The van der Waals surface area contributed by atoms with Gasteiger partial charge < -0.3 is 4.90 Å². The molecule has 0 unspecified atom stereocenters. The molecule has 1 fully saturated rings. The predicted octanol–water partition coefficient (Wildman–Crippen LogP) is 3.69. The Kier molecular flexibility index (Phi) is 10.5. The van der Waals surface area contributed by atoms with Gasteiger partial charge in [0, 0.05) is 5.88 Å². The Morgan fingerprint density at radius 3 is 2.14 bits per heavy atom. The summed E-state index contributed by atoms with van der Waals surface area (Å²) in [4.78, 5) is 2.62. The van der Waals surface area contributed by atoms with Gasteiger partial charge in [-0.2, -0.15) is 0 Å². The predicted molar refractivity (Wildman–Crippen MR) is 66.7 cm³/mol. The van der Waals surface area contributed by atoms with E-state index in [1.165, 1.54) is 64.6 Å².